The Morgan fingerprint density at radius 3 is 3.13 bits per heavy atom. The molecule has 3 heterocycles. The summed E-state index contributed by atoms with van der Waals surface area (Å²) in [7, 11) is 0. The number of nitrogens with zero attached hydrogens (tertiary/aromatic N) is 2. The summed E-state index contributed by atoms with van der Waals surface area (Å²) >= 11 is 1.69. The maximum Gasteiger partial charge on any atom is 0.274 e. The number of rotatable bonds is 5. The maximum atomic E-state index is 12.7. The van der Waals surface area contributed by atoms with E-state index in [1.54, 1.807) is 11.3 Å². The van der Waals surface area contributed by atoms with Crippen LogP contribution in [0, 0.1) is 6.92 Å². The molecule has 2 aromatic rings. The number of ether oxygens (including phenoxy) is 1. The molecule has 1 saturated heterocycles. The molecule has 1 atom stereocenters. The molecule has 3 rings (SSSR count). The second kappa shape index (κ2) is 7.27. The quantitative estimate of drug-likeness (QED) is 0.911. The average Bonchev–Trinajstić information content (AvgIpc) is 3.21. The monoisotopic (exact) mass is 333 g/mol. The molecule has 0 saturated carbocycles. The lowest BCUT2D eigenvalue weighted by atomic mass is 10.1. The minimum absolute atomic E-state index is 0.00873. The number of hydrogen-bond donors (Lipinski definition) is 1. The van der Waals surface area contributed by atoms with Crippen LogP contribution in [0.2, 0.25) is 0 Å². The Hall–Kier alpha value is -1.66. The number of amides is 1. The normalized spacial score (nSPS) is 18.3. The predicted octanol–water partition coefficient (Wildman–Crippen LogP) is 3.48. The highest BCUT2D eigenvalue weighted by atomic mass is 32.1. The van der Waals surface area contributed by atoms with Crippen LogP contribution < -0.4 is 0 Å². The van der Waals surface area contributed by atoms with E-state index in [9.17, 15) is 4.79 Å². The molecule has 124 valence electrons. The van der Waals surface area contributed by atoms with Gasteiger partial charge in [0.15, 0.2) is 5.69 Å². The van der Waals surface area contributed by atoms with Crippen LogP contribution in [-0.2, 0) is 4.74 Å². The second-order valence-electron chi connectivity index (χ2n) is 5.96. The largest absolute Gasteiger partial charge is 0.376 e. The number of H-pyrrole nitrogens is 1. The van der Waals surface area contributed by atoms with Crippen LogP contribution >= 0.6 is 11.3 Å². The Morgan fingerprint density at radius 2 is 2.39 bits per heavy atom. The Kier molecular flexibility index (Phi) is 5.13. The number of carbonyl (C=O) groups excluding carboxylic acids is 1. The number of nitrogens with one attached hydrogen (secondary N) is 1. The predicted molar refractivity (Wildman–Crippen MR) is 91.8 cm³/mol. The number of aromatic nitrogens is 2. The first-order chi connectivity index (χ1) is 11.2. The average molecular weight is 333 g/mol. The summed E-state index contributed by atoms with van der Waals surface area (Å²) in [6, 6.07) is 5.98. The van der Waals surface area contributed by atoms with Crippen LogP contribution in [0.3, 0.4) is 0 Å². The fraction of sp³-hybridized carbons (Fsp3) is 0.529. The van der Waals surface area contributed by atoms with Crippen molar-refractivity contribution < 1.29 is 9.53 Å². The zero-order valence-electron chi connectivity index (χ0n) is 13.7. The number of hydrogen-bond acceptors (Lipinski definition) is 4. The molecule has 1 aliphatic heterocycles. The van der Waals surface area contributed by atoms with E-state index < -0.39 is 0 Å². The van der Waals surface area contributed by atoms with E-state index in [1.165, 1.54) is 4.88 Å². The second-order valence-corrected chi connectivity index (χ2v) is 7.25. The zero-order valence-corrected chi connectivity index (χ0v) is 14.5. The Bertz CT molecular complexity index is 664. The van der Waals surface area contributed by atoms with Crippen LogP contribution in [-0.4, -0.2) is 46.8 Å². The maximum absolute atomic E-state index is 12.7. The molecule has 0 aliphatic carbocycles. The van der Waals surface area contributed by atoms with Gasteiger partial charge in [0.05, 0.1) is 16.7 Å². The first-order valence-corrected chi connectivity index (χ1v) is 9.02. The summed E-state index contributed by atoms with van der Waals surface area (Å²) in [5.74, 6) is -0.00873. The van der Waals surface area contributed by atoms with Gasteiger partial charge >= 0.3 is 0 Å². The van der Waals surface area contributed by atoms with Crippen molar-refractivity contribution >= 4 is 17.2 Å². The molecule has 1 aliphatic rings. The summed E-state index contributed by atoms with van der Waals surface area (Å²) in [5.41, 5.74) is 1.39. The molecule has 0 aromatic carbocycles. The first-order valence-electron chi connectivity index (χ1n) is 8.20. The van der Waals surface area contributed by atoms with Crippen molar-refractivity contribution in [2.45, 2.75) is 39.2 Å². The van der Waals surface area contributed by atoms with Gasteiger partial charge < -0.3 is 9.64 Å². The summed E-state index contributed by atoms with van der Waals surface area (Å²) in [4.78, 5) is 16.9. The molecule has 23 heavy (non-hydrogen) atoms. The molecular formula is C17H23N3O2S. The van der Waals surface area contributed by atoms with Gasteiger partial charge in [0.25, 0.3) is 5.91 Å². The lowest BCUT2D eigenvalue weighted by Gasteiger charge is -2.32. The minimum Gasteiger partial charge on any atom is -0.376 e. The minimum atomic E-state index is -0.00873. The van der Waals surface area contributed by atoms with E-state index in [4.69, 9.17) is 4.74 Å². The van der Waals surface area contributed by atoms with E-state index in [-0.39, 0.29) is 12.0 Å². The molecule has 2 aromatic heterocycles. The number of thiophene rings is 1. The zero-order chi connectivity index (χ0) is 16.2. The van der Waals surface area contributed by atoms with Crippen LogP contribution in [0.25, 0.3) is 10.6 Å². The van der Waals surface area contributed by atoms with Crippen LogP contribution in [0.4, 0.5) is 0 Å². The molecule has 1 amide bonds. The van der Waals surface area contributed by atoms with Gasteiger partial charge in [-0.2, -0.15) is 5.10 Å². The van der Waals surface area contributed by atoms with Crippen LogP contribution in [0.15, 0.2) is 18.2 Å². The topological polar surface area (TPSA) is 58.2 Å². The Labute approximate surface area is 140 Å². The van der Waals surface area contributed by atoms with Gasteiger partial charge in [-0.15, -0.1) is 11.3 Å². The molecule has 5 nitrogen and oxygen atoms in total. The Balaban J connectivity index is 1.67. The summed E-state index contributed by atoms with van der Waals surface area (Å²) in [6.07, 6.45) is 3.19. The van der Waals surface area contributed by atoms with Crippen molar-refractivity contribution in [3.8, 4) is 10.6 Å². The third-order valence-corrected chi connectivity index (χ3v) is 5.06. The highest BCUT2D eigenvalue weighted by Crippen LogP contribution is 2.27. The van der Waals surface area contributed by atoms with Gasteiger partial charge in [0.2, 0.25) is 0 Å². The summed E-state index contributed by atoms with van der Waals surface area (Å²) in [5, 5.41) is 7.20. The number of carbonyl (C=O) groups is 1. The van der Waals surface area contributed by atoms with Crippen molar-refractivity contribution in [1.29, 1.82) is 0 Å². The van der Waals surface area contributed by atoms with Gasteiger partial charge in [0, 0.05) is 24.6 Å². The third kappa shape index (κ3) is 3.82. The third-order valence-electron chi connectivity index (χ3n) is 4.03. The van der Waals surface area contributed by atoms with Crippen molar-refractivity contribution in [3.63, 3.8) is 0 Å². The van der Waals surface area contributed by atoms with Gasteiger partial charge in [-0.3, -0.25) is 9.89 Å². The molecule has 1 fully saturated rings. The van der Waals surface area contributed by atoms with Gasteiger partial charge in [-0.25, -0.2) is 0 Å². The molecule has 0 spiro atoms. The van der Waals surface area contributed by atoms with E-state index in [0.29, 0.717) is 12.2 Å². The molecule has 0 unspecified atom stereocenters. The number of aryl methyl sites for hydroxylation is 1. The smallest absolute Gasteiger partial charge is 0.274 e. The lowest BCUT2D eigenvalue weighted by molar-refractivity contribution is 0.00192. The number of likely N-dealkylation sites (tertiary alicyclic amines) is 1. The molecule has 0 radical (unpaired) electrons. The SMILES string of the molecule is CCCO[C@@H]1CCCN(C(=O)c2cc(-c3ccc(C)s3)[nH]n2)C1. The number of aromatic amines is 1. The molecule has 6 heteroatoms. The van der Waals surface area contributed by atoms with Crippen LogP contribution in [0.5, 0.6) is 0 Å². The molecule has 0 bridgehead atoms. The number of piperidine rings is 1. The highest BCUT2D eigenvalue weighted by Gasteiger charge is 2.26. The molecule has 1 N–H and O–H groups in total. The highest BCUT2D eigenvalue weighted by molar-refractivity contribution is 7.15. The van der Waals surface area contributed by atoms with Crippen LogP contribution in [0.1, 0.15) is 41.6 Å². The van der Waals surface area contributed by atoms with Crippen molar-refractivity contribution in [2.24, 2.45) is 0 Å². The standard InChI is InChI=1S/C17H23N3O2S/c1-3-9-22-13-5-4-8-20(11-13)17(21)15-10-14(18-19-15)16-7-6-12(2)23-16/h6-7,10,13H,3-5,8-9,11H2,1-2H3,(H,18,19)/t13-/m1/s1. The first kappa shape index (κ1) is 16.2. The fourth-order valence-electron chi connectivity index (χ4n) is 2.84. The molecular weight excluding hydrogens is 310 g/mol. The van der Waals surface area contributed by atoms with E-state index in [1.807, 2.05) is 11.0 Å². The van der Waals surface area contributed by atoms with E-state index in [0.717, 1.165) is 43.0 Å². The van der Waals surface area contributed by atoms with Gasteiger partial charge in [0.1, 0.15) is 0 Å². The van der Waals surface area contributed by atoms with E-state index >= 15 is 0 Å². The fourth-order valence-corrected chi connectivity index (χ4v) is 3.68. The Morgan fingerprint density at radius 1 is 1.52 bits per heavy atom. The van der Waals surface area contributed by atoms with Gasteiger partial charge in [-0.1, -0.05) is 6.92 Å². The summed E-state index contributed by atoms with van der Waals surface area (Å²) < 4.78 is 5.81. The van der Waals surface area contributed by atoms with E-state index in [2.05, 4.69) is 36.2 Å². The summed E-state index contributed by atoms with van der Waals surface area (Å²) in [6.45, 7) is 6.38. The van der Waals surface area contributed by atoms with Crippen molar-refractivity contribution in [2.75, 3.05) is 19.7 Å². The van der Waals surface area contributed by atoms with Gasteiger partial charge in [-0.05, 0) is 44.4 Å². The lowest BCUT2D eigenvalue weighted by Crippen LogP contribution is -2.43. The van der Waals surface area contributed by atoms with Crippen molar-refractivity contribution in [3.05, 3.63) is 28.8 Å². The van der Waals surface area contributed by atoms with Crippen molar-refractivity contribution in [1.82, 2.24) is 15.1 Å².